The summed E-state index contributed by atoms with van der Waals surface area (Å²) < 4.78 is 5.88. The minimum atomic E-state index is 0.168. The molecule has 0 fully saturated rings. The Hall–Kier alpha value is -2.74. The fraction of sp³-hybridized carbons (Fsp3) is 0.250. The minimum absolute atomic E-state index is 0.168. The van der Waals surface area contributed by atoms with Crippen molar-refractivity contribution in [2.75, 3.05) is 5.73 Å². The highest BCUT2D eigenvalue weighted by Gasteiger charge is 2.14. The summed E-state index contributed by atoms with van der Waals surface area (Å²) in [6, 6.07) is 22.8. The van der Waals surface area contributed by atoms with Gasteiger partial charge in [-0.15, -0.1) is 0 Å². The zero-order valence-electron chi connectivity index (χ0n) is 16.0. The van der Waals surface area contributed by atoms with Gasteiger partial charge in [0, 0.05) is 5.69 Å². The molecule has 0 unspecified atom stereocenters. The number of hydrogen-bond acceptors (Lipinski definition) is 2. The summed E-state index contributed by atoms with van der Waals surface area (Å²) in [7, 11) is 0. The standard InChI is InChI=1S/C24H27NO/c1-17-14-20(24(2,3)4)10-13-23(17)19-8-11-22(12-9-19)26-16-18-6-5-7-21(25)15-18/h5-15H,16,25H2,1-4H3. The lowest BCUT2D eigenvalue weighted by Crippen LogP contribution is -2.11. The molecule has 0 spiro atoms. The topological polar surface area (TPSA) is 35.2 Å². The van der Waals surface area contributed by atoms with E-state index < -0.39 is 0 Å². The lowest BCUT2D eigenvalue weighted by atomic mass is 9.84. The lowest BCUT2D eigenvalue weighted by Gasteiger charge is -2.20. The number of rotatable bonds is 4. The summed E-state index contributed by atoms with van der Waals surface area (Å²) in [5.74, 6) is 0.861. The molecule has 3 aromatic carbocycles. The second-order valence-corrected chi connectivity index (χ2v) is 7.84. The average Bonchev–Trinajstić information content (AvgIpc) is 2.60. The van der Waals surface area contributed by atoms with Gasteiger partial charge in [0.15, 0.2) is 0 Å². The van der Waals surface area contributed by atoms with Crippen LogP contribution >= 0.6 is 0 Å². The predicted molar refractivity (Wildman–Crippen MR) is 111 cm³/mol. The molecule has 3 rings (SSSR count). The van der Waals surface area contributed by atoms with Crippen molar-refractivity contribution in [1.82, 2.24) is 0 Å². The number of benzene rings is 3. The third kappa shape index (κ3) is 4.26. The van der Waals surface area contributed by atoms with Crippen LogP contribution in [0.1, 0.15) is 37.5 Å². The van der Waals surface area contributed by atoms with Crippen LogP contribution in [0.3, 0.4) is 0 Å². The minimum Gasteiger partial charge on any atom is -0.489 e. The zero-order chi connectivity index (χ0) is 18.7. The molecule has 2 heteroatoms. The Kier molecular flexibility index (Phi) is 5.03. The van der Waals surface area contributed by atoms with Crippen LogP contribution in [-0.4, -0.2) is 0 Å². The third-order valence-electron chi connectivity index (χ3n) is 4.61. The second-order valence-electron chi connectivity index (χ2n) is 7.84. The number of hydrogen-bond donors (Lipinski definition) is 1. The fourth-order valence-corrected chi connectivity index (χ4v) is 3.03. The summed E-state index contributed by atoms with van der Waals surface area (Å²) in [6.07, 6.45) is 0. The predicted octanol–water partition coefficient (Wildman–Crippen LogP) is 6.12. The highest BCUT2D eigenvalue weighted by Crippen LogP contribution is 2.30. The normalized spacial score (nSPS) is 11.4. The molecule has 0 aliphatic heterocycles. The van der Waals surface area contributed by atoms with Gasteiger partial charge >= 0.3 is 0 Å². The van der Waals surface area contributed by atoms with E-state index in [4.69, 9.17) is 10.5 Å². The van der Waals surface area contributed by atoms with Gasteiger partial charge in [0.1, 0.15) is 12.4 Å². The molecule has 134 valence electrons. The second kappa shape index (κ2) is 7.25. The van der Waals surface area contributed by atoms with Crippen molar-refractivity contribution >= 4 is 5.69 Å². The zero-order valence-corrected chi connectivity index (χ0v) is 16.0. The van der Waals surface area contributed by atoms with Crippen molar-refractivity contribution in [3.05, 3.63) is 83.4 Å². The molecule has 0 aromatic heterocycles. The van der Waals surface area contributed by atoms with E-state index in [2.05, 4.69) is 58.0 Å². The van der Waals surface area contributed by atoms with Crippen molar-refractivity contribution < 1.29 is 4.74 Å². The highest BCUT2D eigenvalue weighted by molar-refractivity contribution is 5.68. The molecule has 0 atom stereocenters. The molecule has 0 heterocycles. The van der Waals surface area contributed by atoms with Gasteiger partial charge in [-0.05, 0) is 64.4 Å². The summed E-state index contributed by atoms with van der Waals surface area (Å²) in [4.78, 5) is 0. The molecule has 3 aromatic rings. The van der Waals surface area contributed by atoms with Gasteiger partial charge < -0.3 is 10.5 Å². The van der Waals surface area contributed by atoms with Crippen LogP contribution in [0.2, 0.25) is 0 Å². The number of anilines is 1. The van der Waals surface area contributed by atoms with Crippen LogP contribution < -0.4 is 10.5 Å². The summed E-state index contributed by atoms with van der Waals surface area (Å²) >= 11 is 0. The van der Waals surface area contributed by atoms with Gasteiger partial charge in [-0.1, -0.05) is 63.2 Å². The molecule has 0 saturated heterocycles. The van der Waals surface area contributed by atoms with E-state index in [1.54, 1.807) is 0 Å². The van der Waals surface area contributed by atoms with Gasteiger partial charge in [-0.2, -0.15) is 0 Å². The lowest BCUT2D eigenvalue weighted by molar-refractivity contribution is 0.306. The number of nitrogen functional groups attached to an aromatic ring is 1. The van der Waals surface area contributed by atoms with Crippen LogP contribution in [0.25, 0.3) is 11.1 Å². The van der Waals surface area contributed by atoms with Crippen LogP contribution in [0.4, 0.5) is 5.69 Å². The maximum absolute atomic E-state index is 5.88. The first kappa shape index (κ1) is 18.1. The fourth-order valence-electron chi connectivity index (χ4n) is 3.03. The Morgan fingerprint density at radius 1 is 0.885 bits per heavy atom. The third-order valence-corrected chi connectivity index (χ3v) is 4.61. The van der Waals surface area contributed by atoms with Gasteiger partial charge in [-0.3, -0.25) is 0 Å². The molecule has 0 saturated carbocycles. The highest BCUT2D eigenvalue weighted by atomic mass is 16.5. The van der Waals surface area contributed by atoms with E-state index in [0.717, 1.165) is 17.0 Å². The number of nitrogens with two attached hydrogens (primary N) is 1. The monoisotopic (exact) mass is 345 g/mol. The Labute approximate surface area is 156 Å². The van der Waals surface area contributed by atoms with E-state index >= 15 is 0 Å². The van der Waals surface area contributed by atoms with Crippen molar-refractivity contribution in [1.29, 1.82) is 0 Å². The van der Waals surface area contributed by atoms with Gasteiger partial charge in [0.25, 0.3) is 0 Å². The molecular weight excluding hydrogens is 318 g/mol. The maximum atomic E-state index is 5.88. The Morgan fingerprint density at radius 3 is 2.23 bits per heavy atom. The van der Waals surface area contributed by atoms with Gasteiger partial charge in [0.2, 0.25) is 0 Å². The van der Waals surface area contributed by atoms with E-state index in [1.165, 1.54) is 22.3 Å². The summed E-state index contributed by atoms with van der Waals surface area (Å²) in [5.41, 5.74) is 12.9. The maximum Gasteiger partial charge on any atom is 0.119 e. The number of aryl methyl sites for hydroxylation is 1. The molecule has 0 bridgehead atoms. The van der Waals surface area contributed by atoms with Crippen LogP contribution in [0.5, 0.6) is 5.75 Å². The van der Waals surface area contributed by atoms with Crippen LogP contribution in [0, 0.1) is 6.92 Å². The first-order chi connectivity index (χ1) is 12.3. The van der Waals surface area contributed by atoms with Crippen LogP contribution in [-0.2, 0) is 12.0 Å². The quantitative estimate of drug-likeness (QED) is 0.578. The van der Waals surface area contributed by atoms with Crippen molar-refractivity contribution in [3.63, 3.8) is 0 Å². The van der Waals surface area contributed by atoms with E-state index in [9.17, 15) is 0 Å². The average molecular weight is 345 g/mol. The molecule has 2 N–H and O–H groups in total. The van der Waals surface area contributed by atoms with E-state index in [0.29, 0.717) is 6.61 Å². The SMILES string of the molecule is Cc1cc(C(C)(C)C)ccc1-c1ccc(OCc2cccc(N)c2)cc1. The molecule has 0 amide bonds. The Balaban J connectivity index is 1.73. The molecular formula is C24H27NO. The molecule has 0 aliphatic carbocycles. The van der Waals surface area contributed by atoms with Crippen molar-refractivity contribution in [2.45, 2.75) is 39.7 Å². The van der Waals surface area contributed by atoms with Crippen LogP contribution in [0.15, 0.2) is 66.7 Å². The van der Waals surface area contributed by atoms with Crippen molar-refractivity contribution in [2.24, 2.45) is 0 Å². The summed E-state index contributed by atoms with van der Waals surface area (Å²) in [5, 5.41) is 0. The Morgan fingerprint density at radius 2 is 1.62 bits per heavy atom. The van der Waals surface area contributed by atoms with E-state index in [-0.39, 0.29) is 5.41 Å². The number of ether oxygens (including phenoxy) is 1. The van der Waals surface area contributed by atoms with E-state index in [1.807, 2.05) is 36.4 Å². The largest absolute Gasteiger partial charge is 0.489 e. The molecule has 26 heavy (non-hydrogen) atoms. The smallest absolute Gasteiger partial charge is 0.119 e. The molecule has 0 radical (unpaired) electrons. The summed E-state index contributed by atoms with van der Waals surface area (Å²) in [6.45, 7) is 9.42. The molecule has 0 aliphatic rings. The Bertz CT molecular complexity index is 889. The van der Waals surface area contributed by atoms with Gasteiger partial charge in [0.05, 0.1) is 0 Å². The molecule has 2 nitrogen and oxygen atoms in total. The van der Waals surface area contributed by atoms with Crippen molar-refractivity contribution in [3.8, 4) is 16.9 Å². The first-order valence-corrected chi connectivity index (χ1v) is 9.02. The first-order valence-electron chi connectivity index (χ1n) is 9.02. The van der Waals surface area contributed by atoms with Gasteiger partial charge in [-0.25, -0.2) is 0 Å².